The van der Waals surface area contributed by atoms with Gasteiger partial charge in [0, 0.05) is 6.54 Å². The normalized spacial score (nSPS) is 12.2. The van der Waals surface area contributed by atoms with Crippen LogP contribution in [0.1, 0.15) is 5.56 Å². The molecule has 0 fully saturated rings. The van der Waals surface area contributed by atoms with E-state index < -0.39 is 12.1 Å². The number of hydrogen-bond acceptors (Lipinski definition) is 5. The van der Waals surface area contributed by atoms with Gasteiger partial charge in [0.1, 0.15) is 0 Å². The molecule has 0 heterocycles. The summed E-state index contributed by atoms with van der Waals surface area (Å²) in [6.07, 6.45) is -1.24. The zero-order chi connectivity index (χ0) is 15.9. The molecule has 0 spiro atoms. The molecule has 2 rings (SSSR count). The monoisotopic (exact) mass is 300 g/mol. The van der Waals surface area contributed by atoms with Crippen LogP contribution < -0.4 is 5.84 Å². The minimum Gasteiger partial charge on any atom is -0.467 e. The van der Waals surface area contributed by atoms with Crippen molar-refractivity contribution in [3.8, 4) is 11.1 Å². The highest BCUT2D eigenvalue weighted by Crippen LogP contribution is 2.19. The van der Waals surface area contributed by atoms with Gasteiger partial charge in [-0.05, 0) is 16.7 Å². The molecule has 0 saturated carbocycles. The zero-order valence-corrected chi connectivity index (χ0v) is 12.5. The molecule has 0 aliphatic heterocycles. The van der Waals surface area contributed by atoms with Gasteiger partial charge in [0.2, 0.25) is 0 Å². The van der Waals surface area contributed by atoms with Crippen molar-refractivity contribution in [2.75, 3.05) is 13.7 Å². The number of rotatable bonds is 6. The van der Waals surface area contributed by atoms with E-state index in [-0.39, 0.29) is 6.54 Å². The van der Waals surface area contributed by atoms with Gasteiger partial charge in [-0.1, -0.05) is 54.6 Å². The van der Waals surface area contributed by atoms with Crippen molar-refractivity contribution < 1.29 is 14.6 Å². The van der Waals surface area contributed by atoms with E-state index in [0.29, 0.717) is 6.54 Å². The van der Waals surface area contributed by atoms with Gasteiger partial charge in [-0.2, -0.15) is 0 Å². The SMILES string of the molecule is COC(=O)[C@H](O)CN(N)Cc1ccc(-c2ccccc2)cc1. The summed E-state index contributed by atoms with van der Waals surface area (Å²) in [5.74, 6) is 5.13. The second-order valence-electron chi connectivity index (χ2n) is 5.03. The Bertz CT molecular complexity index is 599. The fourth-order valence-electron chi connectivity index (χ4n) is 2.16. The molecule has 22 heavy (non-hydrogen) atoms. The van der Waals surface area contributed by atoms with Gasteiger partial charge < -0.3 is 9.84 Å². The molecule has 2 aromatic rings. The van der Waals surface area contributed by atoms with E-state index in [1.165, 1.54) is 12.1 Å². The quantitative estimate of drug-likeness (QED) is 0.481. The lowest BCUT2D eigenvalue weighted by Gasteiger charge is -2.19. The first-order valence-electron chi connectivity index (χ1n) is 7.00. The van der Waals surface area contributed by atoms with Crippen molar-refractivity contribution in [1.29, 1.82) is 0 Å². The third-order valence-corrected chi connectivity index (χ3v) is 3.33. The fourth-order valence-corrected chi connectivity index (χ4v) is 2.16. The molecule has 0 radical (unpaired) electrons. The number of ether oxygens (including phenoxy) is 1. The number of carbonyl (C=O) groups excluding carboxylic acids is 1. The molecule has 5 heteroatoms. The third kappa shape index (κ3) is 4.39. The smallest absolute Gasteiger partial charge is 0.336 e. The largest absolute Gasteiger partial charge is 0.467 e. The lowest BCUT2D eigenvalue weighted by atomic mass is 10.0. The molecule has 3 N–H and O–H groups in total. The Balaban J connectivity index is 1.95. The molecule has 0 aliphatic carbocycles. The Morgan fingerprint density at radius 1 is 1.14 bits per heavy atom. The lowest BCUT2D eigenvalue weighted by molar-refractivity contribution is -0.151. The van der Waals surface area contributed by atoms with Crippen LogP contribution in [-0.2, 0) is 16.1 Å². The van der Waals surface area contributed by atoms with Gasteiger partial charge >= 0.3 is 5.97 Å². The second-order valence-corrected chi connectivity index (χ2v) is 5.03. The number of aliphatic hydroxyl groups excluding tert-OH is 1. The van der Waals surface area contributed by atoms with Crippen LogP contribution in [0.3, 0.4) is 0 Å². The summed E-state index contributed by atoms with van der Waals surface area (Å²) >= 11 is 0. The van der Waals surface area contributed by atoms with Crippen molar-refractivity contribution in [3.05, 3.63) is 60.2 Å². The average molecular weight is 300 g/mol. The molecular formula is C17H20N2O3. The lowest BCUT2D eigenvalue weighted by Crippen LogP contribution is -2.41. The first-order chi connectivity index (χ1) is 10.6. The molecule has 0 saturated heterocycles. The van der Waals surface area contributed by atoms with Gasteiger partial charge in [0.25, 0.3) is 0 Å². The Labute approximate surface area is 129 Å². The number of aliphatic hydroxyl groups is 1. The Kier molecular flexibility index (Phi) is 5.66. The predicted molar refractivity (Wildman–Crippen MR) is 84.5 cm³/mol. The first-order valence-corrected chi connectivity index (χ1v) is 7.00. The molecule has 0 bridgehead atoms. The standard InChI is InChI=1S/C17H20N2O3/c1-22-17(21)16(20)12-19(18)11-13-7-9-15(10-8-13)14-5-3-2-4-6-14/h2-10,16,20H,11-12,18H2,1H3/t16-/m1/s1. The van der Waals surface area contributed by atoms with Crippen LogP contribution in [0, 0.1) is 0 Å². The van der Waals surface area contributed by atoms with Crippen LogP contribution in [0.25, 0.3) is 11.1 Å². The zero-order valence-electron chi connectivity index (χ0n) is 12.5. The number of esters is 1. The summed E-state index contributed by atoms with van der Waals surface area (Å²) in [5.41, 5.74) is 3.28. The van der Waals surface area contributed by atoms with Crippen LogP contribution in [-0.4, -0.2) is 35.8 Å². The van der Waals surface area contributed by atoms with Crippen molar-refractivity contribution in [2.24, 2.45) is 5.84 Å². The van der Waals surface area contributed by atoms with Crippen LogP contribution >= 0.6 is 0 Å². The van der Waals surface area contributed by atoms with Crippen molar-refractivity contribution in [1.82, 2.24) is 5.01 Å². The molecule has 0 aliphatic rings. The van der Waals surface area contributed by atoms with E-state index >= 15 is 0 Å². The summed E-state index contributed by atoms with van der Waals surface area (Å²) in [5, 5.41) is 11.0. The van der Waals surface area contributed by atoms with Crippen LogP contribution in [0.4, 0.5) is 0 Å². The summed E-state index contributed by atoms with van der Waals surface area (Å²) < 4.78 is 4.46. The molecule has 0 unspecified atom stereocenters. The van der Waals surface area contributed by atoms with Gasteiger partial charge in [-0.3, -0.25) is 5.84 Å². The van der Waals surface area contributed by atoms with E-state index in [0.717, 1.165) is 16.7 Å². The Hall–Kier alpha value is -2.21. The maximum absolute atomic E-state index is 11.1. The second kappa shape index (κ2) is 7.70. The van der Waals surface area contributed by atoms with Gasteiger partial charge in [0.15, 0.2) is 6.10 Å². The highest BCUT2D eigenvalue weighted by molar-refractivity contribution is 5.74. The molecule has 2 aromatic carbocycles. The number of nitrogens with zero attached hydrogens (tertiary/aromatic N) is 1. The Morgan fingerprint density at radius 2 is 1.73 bits per heavy atom. The van der Waals surface area contributed by atoms with Crippen LogP contribution in [0.2, 0.25) is 0 Å². The molecular weight excluding hydrogens is 280 g/mol. The number of hydrogen-bond donors (Lipinski definition) is 2. The number of nitrogens with two attached hydrogens (primary N) is 1. The van der Waals surface area contributed by atoms with E-state index in [2.05, 4.69) is 16.9 Å². The Morgan fingerprint density at radius 3 is 2.32 bits per heavy atom. The van der Waals surface area contributed by atoms with Crippen LogP contribution in [0.5, 0.6) is 0 Å². The number of hydrazine groups is 1. The topological polar surface area (TPSA) is 75.8 Å². The van der Waals surface area contributed by atoms with Gasteiger partial charge in [-0.25, -0.2) is 9.80 Å². The average Bonchev–Trinajstić information content (AvgIpc) is 2.55. The van der Waals surface area contributed by atoms with E-state index in [9.17, 15) is 9.90 Å². The molecule has 5 nitrogen and oxygen atoms in total. The van der Waals surface area contributed by atoms with Crippen LogP contribution in [0.15, 0.2) is 54.6 Å². The van der Waals surface area contributed by atoms with Crippen molar-refractivity contribution in [2.45, 2.75) is 12.6 Å². The molecule has 1 atom stereocenters. The van der Waals surface area contributed by atoms with Crippen molar-refractivity contribution in [3.63, 3.8) is 0 Å². The first kappa shape index (κ1) is 16.2. The summed E-state index contributed by atoms with van der Waals surface area (Å²) in [7, 11) is 1.23. The fraction of sp³-hybridized carbons (Fsp3) is 0.235. The number of methoxy groups -OCH3 is 1. The predicted octanol–water partition coefficient (Wildman–Crippen LogP) is 1.56. The molecule has 0 aromatic heterocycles. The molecule has 0 amide bonds. The maximum Gasteiger partial charge on any atom is 0.336 e. The van der Waals surface area contributed by atoms with Gasteiger partial charge in [0.05, 0.1) is 13.7 Å². The molecule has 116 valence electrons. The minimum atomic E-state index is -1.24. The summed E-state index contributed by atoms with van der Waals surface area (Å²) in [6, 6.07) is 18.1. The number of carbonyl (C=O) groups is 1. The summed E-state index contributed by atoms with van der Waals surface area (Å²) in [4.78, 5) is 11.1. The summed E-state index contributed by atoms with van der Waals surface area (Å²) in [6.45, 7) is 0.455. The van der Waals surface area contributed by atoms with Crippen molar-refractivity contribution >= 4 is 5.97 Å². The van der Waals surface area contributed by atoms with E-state index in [1.54, 1.807) is 0 Å². The maximum atomic E-state index is 11.1. The van der Waals surface area contributed by atoms with E-state index in [4.69, 9.17) is 5.84 Å². The van der Waals surface area contributed by atoms with E-state index in [1.807, 2.05) is 42.5 Å². The minimum absolute atomic E-state index is 0.0209. The third-order valence-electron chi connectivity index (χ3n) is 3.33. The number of benzene rings is 2. The highest BCUT2D eigenvalue weighted by atomic mass is 16.5. The van der Waals surface area contributed by atoms with Gasteiger partial charge in [-0.15, -0.1) is 0 Å². The highest BCUT2D eigenvalue weighted by Gasteiger charge is 2.17.